The summed E-state index contributed by atoms with van der Waals surface area (Å²) in [4.78, 5) is 38.4. The van der Waals surface area contributed by atoms with Gasteiger partial charge in [0.25, 0.3) is 5.69 Å². The lowest BCUT2D eigenvalue weighted by Crippen LogP contribution is -2.06. The molecule has 0 N–H and O–H groups in total. The van der Waals surface area contributed by atoms with E-state index in [9.17, 15) is 19.7 Å². The Kier molecular flexibility index (Phi) is 5.00. The second-order valence-corrected chi connectivity index (χ2v) is 5.75. The molecule has 0 unspecified atom stereocenters. The molecule has 1 heterocycles. The lowest BCUT2D eigenvalue weighted by Gasteiger charge is -2.03. The third kappa shape index (κ3) is 3.70. The highest BCUT2D eigenvalue weighted by atomic mass is 35.5. The maximum atomic E-state index is 12.1. The van der Waals surface area contributed by atoms with Gasteiger partial charge in [-0.2, -0.15) is 0 Å². The number of rotatable bonds is 4. The first kappa shape index (κ1) is 18.3. The first-order valence-corrected chi connectivity index (χ1v) is 7.92. The summed E-state index contributed by atoms with van der Waals surface area (Å²) in [6.07, 6.45) is 1.38. The van der Waals surface area contributed by atoms with Crippen LogP contribution in [-0.4, -0.2) is 29.9 Å². The fourth-order valence-corrected chi connectivity index (χ4v) is 2.57. The van der Waals surface area contributed by atoms with Gasteiger partial charge in [-0.1, -0.05) is 29.8 Å². The van der Waals surface area contributed by atoms with Crippen LogP contribution in [-0.2, 0) is 14.3 Å². The van der Waals surface area contributed by atoms with E-state index in [1.807, 2.05) is 0 Å². The van der Waals surface area contributed by atoms with Crippen molar-refractivity contribution in [2.45, 2.75) is 0 Å². The van der Waals surface area contributed by atoms with Crippen molar-refractivity contribution in [2.24, 2.45) is 4.99 Å². The lowest BCUT2D eigenvalue weighted by molar-refractivity contribution is -0.384. The number of esters is 2. The normalized spacial score (nSPS) is 14.7. The first-order chi connectivity index (χ1) is 12.9. The van der Waals surface area contributed by atoms with E-state index in [1.54, 1.807) is 24.3 Å². The lowest BCUT2D eigenvalue weighted by atomic mass is 10.1. The van der Waals surface area contributed by atoms with Crippen LogP contribution < -0.4 is 0 Å². The fourth-order valence-electron chi connectivity index (χ4n) is 2.38. The molecule has 9 heteroatoms. The fraction of sp³-hybridized carbons (Fsp3) is 0.0556. The molecule has 0 fully saturated rings. The summed E-state index contributed by atoms with van der Waals surface area (Å²) in [5.74, 6) is -1.41. The van der Waals surface area contributed by atoms with E-state index in [0.717, 1.165) is 0 Å². The Hall–Kier alpha value is -3.52. The minimum atomic E-state index is -0.748. The van der Waals surface area contributed by atoms with E-state index in [1.165, 1.54) is 31.4 Å². The average molecular weight is 387 g/mol. The van der Waals surface area contributed by atoms with Crippen LogP contribution in [0.15, 0.2) is 53.2 Å². The van der Waals surface area contributed by atoms with Crippen LogP contribution in [0.4, 0.5) is 5.69 Å². The summed E-state index contributed by atoms with van der Waals surface area (Å²) in [6, 6.07) is 10.4. The number of aliphatic imine (C=N–C) groups is 1. The zero-order valence-corrected chi connectivity index (χ0v) is 14.6. The van der Waals surface area contributed by atoms with Crippen molar-refractivity contribution in [3.8, 4) is 0 Å². The predicted octanol–water partition coefficient (Wildman–Crippen LogP) is 3.38. The number of ether oxygens (including phenoxy) is 2. The number of nitrogens with zero attached hydrogens (tertiary/aromatic N) is 2. The van der Waals surface area contributed by atoms with Gasteiger partial charge in [0.1, 0.15) is 5.02 Å². The van der Waals surface area contributed by atoms with Crippen LogP contribution >= 0.6 is 11.6 Å². The third-order valence-corrected chi connectivity index (χ3v) is 3.99. The molecule has 2 aromatic rings. The minimum Gasteiger partial charge on any atom is -0.465 e. The van der Waals surface area contributed by atoms with Gasteiger partial charge in [-0.3, -0.25) is 10.1 Å². The molecule has 0 amide bonds. The second-order valence-electron chi connectivity index (χ2n) is 5.34. The molecule has 0 aliphatic carbocycles. The van der Waals surface area contributed by atoms with Gasteiger partial charge in [0.2, 0.25) is 5.90 Å². The largest absolute Gasteiger partial charge is 0.465 e. The van der Waals surface area contributed by atoms with Gasteiger partial charge in [0, 0.05) is 11.6 Å². The smallest absolute Gasteiger partial charge is 0.363 e. The molecule has 1 aliphatic heterocycles. The summed E-state index contributed by atoms with van der Waals surface area (Å²) in [5, 5.41) is 11.0. The van der Waals surface area contributed by atoms with E-state index >= 15 is 0 Å². The molecule has 0 bridgehead atoms. The second kappa shape index (κ2) is 7.38. The Labute approximate surface area is 157 Å². The minimum absolute atomic E-state index is 0.0450. The number of nitro benzene ring substituents is 1. The quantitative estimate of drug-likeness (QED) is 0.345. The summed E-state index contributed by atoms with van der Waals surface area (Å²) >= 11 is 5.78. The topological polar surface area (TPSA) is 108 Å². The Morgan fingerprint density at radius 2 is 2.04 bits per heavy atom. The summed E-state index contributed by atoms with van der Waals surface area (Å²) < 4.78 is 9.80. The van der Waals surface area contributed by atoms with Crippen molar-refractivity contribution in [1.82, 2.24) is 0 Å². The summed E-state index contributed by atoms with van der Waals surface area (Å²) in [5.41, 5.74) is 0.513. The van der Waals surface area contributed by atoms with Crippen LogP contribution in [0.2, 0.25) is 5.02 Å². The molecule has 0 saturated carbocycles. The maximum Gasteiger partial charge on any atom is 0.363 e. The number of carbonyl (C=O) groups is 2. The summed E-state index contributed by atoms with van der Waals surface area (Å²) in [7, 11) is 1.25. The number of benzene rings is 2. The Balaban J connectivity index is 2.01. The van der Waals surface area contributed by atoms with Crippen LogP contribution in [0.1, 0.15) is 21.5 Å². The Morgan fingerprint density at radius 3 is 2.74 bits per heavy atom. The molecule has 3 rings (SSSR count). The average Bonchev–Trinajstić information content (AvgIpc) is 3.02. The molecule has 1 aliphatic rings. The van der Waals surface area contributed by atoms with Crippen molar-refractivity contribution < 1.29 is 24.0 Å². The Morgan fingerprint density at radius 1 is 1.30 bits per heavy atom. The highest BCUT2D eigenvalue weighted by Crippen LogP contribution is 2.28. The molecule has 0 spiro atoms. The number of nitro groups is 1. The van der Waals surface area contributed by atoms with E-state index in [-0.39, 0.29) is 33.4 Å². The molecule has 0 aromatic heterocycles. The third-order valence-electron chi connectivity index (χ3n) is 3.67. The number of hydrogen-bond donors (Lipinski definition) is 0. The zero-order valence-electron chi connectivity index (χ0n) is 13.8. The molecule has 0 atom stereocenters. The molecule has 27 heavy (non-hydrogen) atoms. The van der Waals surface area contributed by atoms with E-state index in [4.69, 9.17) is 21.1 Å². The molecular formula is C18H11ClN2O6. The maximum absolute atomic E-state index is 12.1. The van der Waals surface area contributed by atoms with Gasteiger partial charge >= 0.3 is 11.9 Å². The Bertz CT molecular complexity index is 1030. The first-order valence-electron chi connectivity index (χ1n) is 7.55. The van der Waals surface area contributed by atoms with Crippen LogP contribution in [0.25, 0.3) is 6.08 Å². The van der Waals surface area contributed by atoms with E-state index < -0.39 is 16.9 Å². The SMILES string of the molecule is COC(=O)c1ccccc1/C=C1\N=C(c2ccc(Cl)c([N+](=O)[O-])c2)OC1=O. The van der Waals surface area contributed by atoms with E-state index in [2.05, 4.69) is 4.99 Å². The van der Waals surface area contributed by atoms with Gasteiger partial charge in [-0.05, 0) is 29.8 Å². The van der Waals surface area contributed by atoms with Crippen molar-refractivity contribution >= 4 is 41.2 Å². The van der Waals surface area contributed by atoms with Crippen molar-refractivity contribution in [1.29, 1.82) is 0 Å². The highest BCUT2D eigenvalue weighted by molar-refractivity contribution is 6.32. The molecule has 8 nitrogen and oxygen atoms in total. The van der Waals surface area contributed by atoms with Crippen molar-refractivity contribution in [3.63, 3.8) is 0 Å². The van der Waals surface area contributed by atoms with E-state index in [0.29, 0.717) is 5.56 Å². The molecule has 0 saturated heterocycles. The number of hydrogen-bond acceptors (Lipinski definition) is 7. The molecular weight excluding hydrogens is 376 g/mol. The monoisotopic (exact) mass is 386 g/mol. The van der Waals surface area contributed by atoms with Gasteiger partial charge in [0.15, 0.2) is 5.70 Å². The van der Waals surface area contributed by atoms with Crippen LogP contribution in [0.3, 0.4) is 0 Å². The molecule has 2 aromatic carbocycles. The van der Waals surface area contributed by atoms with Gasteiger partial charge in [-0.15, -0.1) is 0 Å². The van der Waals surface area contributed by atoms with Crippen molar-refractivity contribution in [2.75, 3.05) is 7.11 Å². The van der Waals surface area contributed by atoms with Crippen LogP contribution in [0, 0.1) is 10.1 Å². The predicted molar refractivity (Wildman–Crippen MR) is 96.5 cm³/mol. The number of methoxy groups -OCH3 is 1. The van der Waals surface area contributed by atoms with Gasteiger partial charge in [-0.25, -0.2) is 14.6 Å². The van der Waals surface area contributed by atoms with Gasteiger partial charge < -0.3 is 9.47 Å². The zero-order chi connectivity index (χ0) is 19.6. The molecule has 0 radical (unpaired) electrons. The molecule has 136 valence electrons. The standard InChI is InChI=1S/C18H11ClN2O6/c1-26-17(22)12-5-3-2-4-10(12)8-14-18(23)27-16(20-14)11-6-7-13(19)15(9-11)21(24)25/h2-9H,1H3/b14-8-. The number of halogens is 1. The highest BCUT2D eigenvalue weighted by Gasteiger charge is 2.26. The number of carbonyl (C=O) groups excluding carboxylic acids is 2. The van der Waals surface area contributed by atoms with Crippen molar-refractivity contribution in [3.05, 3.63) is 80.0 Å². The van der Waals surface area contributed by atoms with Crippen LogP contribution in [0.5, 0.6) is 0 Å². The number of cyclic esters (lactones) is 1. The summed E-state index contributed by atoms with van der Waals surface area (Å²) in [6.45, 7) is 0. The van der Waals surface area contributed by atoms with Gasteiger partial charge in [0.05, 0.1) is 17.6 Å².